The molecule has 0 aliphatic heterocycles. The third kappa shape index (κ3) is 4.63. The summed E-state index contributed by atoms with van der Waals surface area (Å²) in [5.41, 5.74) is 0. The largest absolute Gasteiger partial charge is 0.263 e. The molecule has 0 aromatic carbocycles. The number of primary sulfonamides is 1. The average Bonchev–Trinajstić information content (AvgIpc) is 1.60. The molecule has 0 saturated heterocycles. The van der Waals surface area contributed by atoms with Crippen LogP contribution in [0.25, 0.3) is 0 Å². The van der Waals surface area contributed by atoms with Gasteiger partial charge in [-0.2, -0.15) is 0 Å². The lowest BCUT2D eigenvalue weighted by Gasteiger charge is -2.10. The van der Waals surface area contributed by atoms with Gasteiger partial charge >= 0.3 is 0 Å². The average molecular weight is 173 g/mol. The molecule has 0 aromatic heterocycles. The summed E-state index contributed by atoms with van der Waals surface area (Å²) in [5, 5.41) is 4.39. The molecule has 6 heteroatoms. The molecule has 0 saturated carbocycles. The van der Waals surface area contributed by atoms with Gasteiger partial charge in [-0.15, -0.1) is 0 Å². The molecule has 0 aromatic rings. The Hall–Kier alpha value is -0.230. The van der Waals surface area contributed by atoms with E-state index in [1.807, 2.05) is 0 Å². The number of alkyl halides is 2. The summed E-state index contributed by atoms with van der Waals surface area (Å²) in [6.07, 6.45) is -0.510. The maximum absolute atomic E-state index is 12.2. The number of hydrogen-bond donors (Lipinski definition) is 1. The standard InChI is InChI=1S/C4H9F2NO2S/c1-2-4(5,6)3-10(7,8)9/h2-3H2,1H3,(H2,7,8,9). The van der Waals surface area contributed by atoms with Crippen molar-refractivity contribution in [3.63, 3.8) is 0 Å². The summed E-state index contributed by atoms with van der Waals surface area (Å²) in [7, 11) is -4.04. The van der Waals surface area contributed by atoms with E-state index in [9.17, 15) is 17.2 Å². The van der Waals surface area contributed by atoms with Crippen molar-refractivity contribution in [3.05, 3.63) is 0 Å². The number of rotatable bonds is 3. The first-order chi connectivity index (χ1) is 4.27. The molecular formula is C4H9F2NO2S. The molecule has 0 aliphatic carbocycles. The Morgan fingerprint density at radius 1 is 1.50 bits per heavy atom. The third-order valence-electron chi connectivity index (χ3n) is 0.930. The molecule has 0 rings (SSSR count). The van der Waals surface area contributed by atoms with E-state index in [2.05, 4.69) is 5.14 Å². The second kappa shape index (κ2) is 2.79. The molecule has 0 spiro atoms. The van der Waals surface area contributed by atoms with Crippen LogP contribution in [0.1, 0.15) is 13.3 Å². The van der Waals surface area contributed by atoms with Gasteiger partial charge in [0.25, 0.3) is 5.92 Å². The number of hydrogen-bond acceptors (Lipinski definition) is 2. The fourth-order valence-electron chi connectivity index (χ4n) is 0.396. The first-order valence-electron chi connectivity index (χ1n) is 2.65. The Morgan fingerprint density at radius 3 is 2.00 bits per heavy atom. The fraction of sp³-hybridized carbons (Fsp3) is 1.00. The number of halogens is 2. The molecule has 0 unspecified atom stereocenters. The second-order valence-corrected chi connectivity index (χ2v) is 3.63. The maximum Gasteiger partial charge on any atom is 0.263 e. The van der Waals surface area contributed by atoms with E-state index < -0.39 is 28.1 Å². The van der Waals surface area contributed by atoms with Crippen molar-refractivity contribution in [2.75, 3.05) is 5.75 Å². The lowest BCUT2D eigenvalue weighted by atomic mass is 10.3. The van der Waals surface area contributed by atoms with Crippen molar-refractivity contribution in [1.82, 2.24) is 0 Å². The minimum atomic E-state index is -4.04. The van der Waals surface area contributed by atoms with Crippen molar-refractivity contribution < 1.29 is 17.2 Å². The van der Waals surface area contributed by atoms with E-state index in [0.717, 1.165) is 0 Å². The van der Waals surface area contributed by atoms with Crippen molar-refractivity contribution in [3.8, 4) is 0 Å². The summed E-state index contributed by atoms with van der Waals surface area (Å²) in [5.74, 6) is -4.45. The number of sulfonamides is 1. The normalized spacial score (nSPS) is 13.6. The highest BCUT2D eigenvalue weighted by atomic mass is 32.2. The minimum Gasteiger partial charge on any atom is -0.229 e. The predicted octanol–water partition coefficient (Wildman–Crippen LogP) is 0.320. The summed E-state index contributed by atoms with van der Waals surface area (Å²) < 4.78 is 44.6. The highest BCUT2D eigenvalue weighted by Gasteiger charge is 2.31. The molecule has 2 N–H and O–H groups in total. The molecule has 10 heavy (non-hydrogen) atoms. The van der Waals surface area contributed by atoms with Gasteiger partial charge in [0.1, 0.15) is 5.75 Å². The summed E-state index contributed by atoms with van der Waals surface area (Å²) >= 11 is 0. The van der Waals surface area contributed by atoms with Crippen molar-refractivity contribution in [1.29, 1.82) is 0 Å². The Kier molecular flexibility index (Phi) is 2.73. The smallest absolute Gasteiger partial charge is 0.229 e. The first kappa shape index (κ1) is 9.77. The van der Waals surface area contributed by atoms with E-state index >= 15 is 0 Å². The zero-order valence-electron chi connectivity index (χ0n) is 5.47. The second-order valence-electron chi connectivity index (χ2n) is 2.02. The van der Waals surface area contributed by atoms with E-state index in [4.69, 9.17) is 0 Å². The lowest BCUT2D eigenvalue weighted by molar-refractivity contribution is 0.0218. The van der Waals surface area contributed by atoms with Gasteiger partial charge in [-0.05, 0) is 0 Å². The number of nitrogens with two attached hydrogens (primary N) is 1. The van der Waals surface area contributed by atoms with Crippen molar-refractivity contribution in [2.45, 2.75) is 19.3 Å². The molecule has 0 aliphatic rings. The Bertz CT molecular complexity index is 199. The van der Waals surface area contributed by atoms with Crippen LogP contribution in [-0.2, 0) is 10.0 Å². The van der Waals surface area contributed by atoms with Crippen LogP contribution in [0.4, 0.5) is 8.78 Å². The fourth-order valence-corrected chi connectivity index (χ4v) is 1.19. The van der Waals surface area contributed by atoms with E-state index in [1.165, 1.54) is 6.92 Å². The van der Waals surface area contributed by atoms with Crippen LogP contribution in [-0.4, -0.2) is 20.1 Å². The van der Waals surface area contributed by atoms with Gasteiger partial charge in [-0.25, -0.2) is 22.3 Å². The van der Waals surface area contributed by atoms with Crippen LogP contribution < -0.4 is 5.14 Å². The molecule has 62 valence electrons. The molecule has 0 radical (unpaired) electrons. The SMILES string of the molecule is CCC(F)(F)CS(N)(=O)=O. The minimum absolute atomic E-state index is 0.510. The molecule has 0 atom stereocenters. The summed E-state index contributed by atoms with van der Waals surface area (Å²) in [6, 6.07) is 0. The first-order valence-corrected chi connectivity index (χ1v) is 4.37. The van der Waals surface area contributed by atoms with Crippen LogP contribution in [0.2, 0.25) is 0 Å². The molecule has 0 heterocycles. The molecule has 0 fully saturated rings. The molecule has 0 amide bonds. The topological polar surface area (TPSA) is 60.2 Å². The molecule has 3 nitrogen and oxygen atoms in total. The van der Waals surface area contributed by atoms with Gasteiger partial charge in [0.15, 0.2) is 0 Å². The van der Waals surface area contributed by atoms with Gasteiger partial charge in [0.05, 0.1) is 0 Å². The highest BCUT2D eigenvalue weighted by molar-refractivity contribution is 7.89. The van der Waals surface area contributed by atoms with Crippen LogP contribution in [0.15, 0.2) is 0 Å². The van der Waals surface area contributed by atoms with Crippen LogP contribution >= 0.6 is 0 Å². The summed E-state index contributed by atoms with van der Waals surface area (Å²) in [6.45, 7) is 1.20. The van der Waals surface area contributed by atoms with Gasteiger partial charge in [-0.3, -0.25) is 0 Å². The third-order valence-corrected chi connectivity index (χ3v) is 1.75. The van der Waals surface area contributed by atoms with Crippen LogP contribution in [0, 0.1) is 0 Å². The zero-order valence-corrected chi connectivity index (χ0v) is 6.29. The van der Waals surface area contributed by atoms with Crippen molar-refractivity contribution in [2.24, 2.45) is 5.14 Å². The van der Waals surface area contributed by atoms with E-state index in [-0.39, 0.29) is 0 Å². The predicted molar refractivity (Wildman–Crippen MR) is 33.2 cm³/mol. The van der Waals surface area contributed by atoms with Gasteiger partial charge in [0, 0.05) is 6.42 Å². The van der Waals surface area contributed by atoms with Gasteiger partial charge < -0.3 is 0 Å². The van der Waals surface area contributed by atoms with Crippen LogP contribution in [0.3, 0.4) is 0 Å². The lowest BCUT2D eigenvalue weighted by Crippen LogP contribution is -2.31. The Balaban J connectivity index is 4.16. The van der Waals surface area contributed by atoms with E-state index in [0.29, 0.717) is 0 Å². The Labute approximate surface area is 58.3 Å². The summed E-state index contributed by atoms with van der Waals surface area (Å²) in [4.78, 5) is 0. The van der Waals surface area contributed by atoms with E-state index in [1.54, 1.807) is 0 Å². The highest BCUT2D eigenvalue weighted by Crippen LogP contribution is 2.18. The van der Waals surface area contributed by atoms with Crippen LogP contribution in [0.5, 0.6) is 0 Å². The molecular weight excluding hydrogens is 164 g/mol. The monoisotopic (exact) mass is 173 g/mol. The molecule has 0 bridgehead atoms. The maximum atomic E-state index is 12.2. The van der Waals surface area contributed by atoms with Gasteiger partial charge in [-0.1, -0.05) is 6.92 Å². The Morgan fingerprint density at radius 2 is 1.90 bits per heavy atom. The zero-order chi connectivity index (χ0) is 8.41. The van der Waals surface area contributed by atoms with Gasteiger partial charge in [0.2, 0.25) is 10.0 Å². The van der Waals surface area contributed by atoms with Crippen molar-refractivity contribution >= 4 is 10.0 Å². The quantitative estimate of drug-likeness (QED) is 0.668.